The number of phosphoric ester groups is 1. The van der Waals surface area contributed by atoms with Crippen LogP contribution >= 0.6 is 7.82 Å². The Kier molecular flexibility index (Phi) is 38.6. The van der Waals surface area contributed by atoms with E-state index in [1.165, 1.54) is 116 Å². The van der Waals surface area contributed by atoms with Gasteiger partial charge in [0.1, 0.15) is 6.61 Å². The molecule has 0 aliphatic heterocycles. The summed E-state index contributed by atoms with van der Waals surface area (Å²) < 4.78 is 32.7. The van der Waals surface area contributed by atoms with E-state index in [1.54, 1.807) is 0 Å². The van der Waals surface area contributed by atoms with Gasteiger partial charge < -0.3 is 20.1 Å². The Hall–Kier alpha value is -1.77. The number of unbranched alkanes of at least 4 members (excludes halogenated alkanes) is 21. The highest BCUT2D eigenvalue weighted by Gasteiger charge is 2.25. The summed E-state index contributed by atoms with van der Waals surface area (Å²) in [4.78, 5) is 34.8. The molecule has 310 valence electrons. The minimum Gasteiger partial charge on any atom is -0.462 e. The largest absolute Gasteiger partial charge is 0.472 e. The Labute approximate surface area is 324 Å². The zero-order chi connectivity index (χ0) is 38.9. The number of esters is 2. The van der Waals surface area contributed by atoms with E-state index in [-0.39, 0.29) is 32.6 Å². The van der Waals surface area contributed by atoms with Crippen LogP contribution in [0.4, 0.5) is 0 Å². The lowest BCUT2D eigenvalue weighted by Crippen LogP contribution is -2.29. The first-order chi connectivity index (χ1) is 25.8. The summed E-state index contributed by atoms with van der Waals surface area (Å²) in [5, 5.41) is 0. The smallest absolute Gasteiger partial charge is 0.462 e. The molecule has 0 aliphatic rings. The normalized spacial score (nSPS) is 13.7. The van der Waals surface area contributed by atoms with Gasteiger partial charge in [0.25, 0.3) is 0 Å². The van der Waals surface area contributed by atoms with E-state index in [1.807, 2.05) is 0 Å². The quantitative estimate of drug-likeness (QED) is 0.0270. The molecule has 2 atom stereocenters. The van der Waals surface area contributed by atoms with Crippen LogP contribution in [-0.2, 0) is 32.7 Å². The van der Waals surface area contributed by atoms with Crippen LogP contribution in [0.5, 0.6) is 0 Å². The Morgan fingerprint density at radius 3 is 1.51 bits per heavy atom. The molecule has 0 rings (SSSR count). The van der Waals surface area contributed by atoms with Gasteiger partial charge in [-0.25, -0.2) is 4.57 Å². The van der Waals surface area contributed by atoms with Gasteiger partial charge in [0.05, 0.1) is 13.2 Å². The van der Waals surface area contributed by atoms with Crippen LogP contribution in [0.25, 0.3) is 0 Å². The third-order valence-electron chi connectivity index (χ3n) is 9.00. The Bertz CT molecular complexity index is 970. The zero-order valence-corrected chi connectivity index (χ0v) is 34.9. The third-order valence-corrected chi connectivity index (χ3v) is 9.98. The van der Waals surface area contributed by atoms with E-state index in [0.717, 1.165) is 38.5 Å². The molecule has 0 aromatic rings. The summed E-state index contributed by atoms with van der Waals surface area (Å²) in [5.74, 6) is -0.905. The van der Waals surface area contributed by atoms with Gasteiger partial charge in [-0.2, -0.15) is 0 Å². The maximum absolute atomic E-state index is 12.5. The van der Waals surface area contributed by atoms with Crippen LogP contribution in [0.1, 0.15) is 194 Å². The number of rotatable bonds is 40. The third kappa shape index (κ3) is 39.7. The van der Waals surface area contributed by atoms with Crippen molar-refractivity contribution in [3.05, 3.63) is 36.5 Å². The molecule has 0 spiro atoms. The van der Waals surface area contributed by atoms with Gasteiger partial charge in [0, 0.05) is 19.4 Å². The standard InChI is InChI=1S/C43H80NO8P/c1-3-5-7-9-11-13-15-17-19-20-22-23-25-27-29-31-33-35-42(45)49-39-41(40-51-53(47,48)50-38-37-44)52-43(46)36-34-32-30-28-26-24-21-18-16-14-12-10-8-6-4-2/h22-23,26-29,41H,3-21,24-25,30-40,44H2,1-2H3,(H,47,48)/b23-22+,28-26+,29-27+/t41-/m1/s1. The average molecular weight is 770 g/mol. The molecule has 53 heavy (non-hydrogen) atoms. The van der Waals surface area contributed by atoms with E-state index in [2.05, 4.69) is 50.3 Å². The van der Waals surface area contributed by atoms with Crippen molar-refractivity contribution in [2.75, 3.05) is 26.4 Å². The lowest BCUT2D eigenvalue weighted by molar-refractivity contribution is -0.161. The van der Waals surface area contributed by atoms with Gasteiger partial charge in [-0.05, 0) is 64.2 Å². The highest BCUT2D eigenvalue weighted by Crippen LogP contribution is 2.43. The number of ether oxygens (including phenoxy) is 2. The number of hydrogen-bond acceptors (Lipinski definition) is 8. The predicted molar refractivity (Wildman–Crippen MR) is 220 cm³/mol. The van der Waals surface area contributed by atoms with Crippen molar-refractivity contribution in [3.8, 4) is 0 Å². The van der Waals surface area contributed by atoms with Gasteiger partial charge in [-0.1, -0.05) is 153 Å². The van der Waals surface area contributed by atoms with E-state index in [9.17, 15) is 19.0 Å². The van der Waals surface area contributed by atoms with E-state index in [0.29, 0.717) is 12.8 Å². The van der Waals surface area contributed by atoms with Crippen molar-refractivity contribution in [1.82, 2.24) is 0 Å². The topological polar surface area (TPSA) is 134 Å². The van der Waals surface area contributed by atoms with Gasteiger partial charge in [-0.3, -0.25) is 18.6 Å². The van der Waals surface area contributed by atoms with Crippen LogP contribution in [0.2, 0.25) is 0 Å². The van der Waals surface area contributed by atoms with Crippen molar-refractivity contribution in [1.29, 1.82) is 0 Å². The van der Waals surface area contributed by atoms with Gasteiger partial charge in [0.15, 0.2) is 6.10 Å². The molecule has 3 N–H and O–H groups in total. The highest BCUT2D eigenvalue weighted by molar-refractivity contribution is 7.47. The van der Waals surface area contributed by atoms with Crippen molar-refractivity contribution >= 4 is 19.8 Å². The molecule has 0 saturated carbocycles. The van der Waals surface area contributed by atoms with Gasteiger partial charge >= 0.3 is 19.8 Å². The molecule has 0 aromatic carbocycles. The number of phosphoric acid groups is 1. The molecule has 0 aliphatic carbocycles. The number of allylic oxidation sites excluding steroid dienone is 6. The predicted octanol–water partition coefficient (Wildman–Crippen LogP) is 12.2. The Morgan fingerprint density at radius 2 is 1.00 bits per heavy atom. The first kappa shape index (κ1) is 51.2. The number of hydrogen-bond donors (Lipinski definition) is 2. The lowest BCUT2D eigenvalue weighted by atomic mass is 10.1. The molecule has 0 bridgehead atoms. The molecule has 1 unspecified atom stereocenters. The van der Waals surface area contributed by atoms with E-state index < -0.39 is 32.5 Å². The number of carbonyl (C=O) groups is 2. The van der Waals surface area contributed by atoms with Crippen molar-refractivity contribution in [2.45, 2.75) is 200 Å². The lowest BCUT2D eigenvalue weighted by Gasteiger charge is -2.19. The fourth-order valence-electron chi connectivity index (χ4n) is 5.79. The summed E-state index contributed by atoms with van der Waals surface area (Å²) in [5.41, 5.74) is 5.34. The second-order valence-corrected chi connectivity index (χ2v) is 15.7. The SMILES string of the molecule is CCCCCCCCCCC/C=C/C/C=C/CCCC(=O)OC[C@H](COP(=O)(O)OCCN)OC(=O)CCCC/C=C/CCCCCCCCCCC. The van der Waals surface area contributed by atoms with Crippen LogP contribution < -0.4 is 5.73 Å². The molecule has 0 amide bonds. The molecule has 0 saturated heterocycles. The highest BCUT2D eigenvalue weighted by atomic mass is 31.2. The minimum absolute atomic E-state index is 0.0453. The average Bonchev–Trinajstić information content (AvgIpc) is 3.14. The summed E-state index contributed by atoms with van der Waals surface area (Å²) >= 11 is 0. The summed E-state index contributed by atoms with van der Waals surface area (Å²) in [6.07, 6.45) is 43.3. The van der Waals surface area contributed by atoms with Crippen LogP contribution in [0.15, 0.2) is 36.5 Å². The maximum atomic E-state index is 12.5. The maximum Gasteiger partial charge on any atom is 0.472 e. The second kappa shape index (κ2) is 39.9. The van der Waals surface area contributed by atoms with Gasteiger partial charge in [-0.15, -0.1) is 0 Å². The number of nitrogens with two attached hydrogens (primary N) is 1. The number of carbonyl (C=O) groups excluding carboxylic acids is 2. The molecule has 0 fully saturated rings. The molecular weight excluding hydrogens is 689 g/mol. The summed E-state index contributed by atoms with van der Waals surface area (Å²) in [6.45, 7) is 3.66. The van der Waals surface area contributed by atoms with Crippen molar-refractivity contribution in [2.24, 2.45) is 5.73 Å². The van der Waals surface area contributed by atoms with E-state index >= 15 is 0 Å². The molecule has 0 aromatic heterocycles. The monoisotopic (exact) mass is 770 g/mol. The molecule has 0 radical (unpaired) electrons. The van der Waals surface area contributed by atoms with Crippen LogP contribution in [0, 0.1) is 0 Å². The Balaban J connectivity index is 4.24. The zero-order valence-electron chi connectivity index (χ0n) is 34.0. The van der Waals surface area contributed by atoms with E-state index in [4.69, 9.17) is 24.3 Å². The fourth-order valence-corrected chi connectivity index (χ4v) is 6.55. The van der Waals surface area contributed by atoms with Crippen molar-refractivity contribution < 1.29 is 37.6 Å². The molecular formula is C43H80NO8P. The minimum atomic E-state index is -4.39. The van der Waals surface area contributed by atoms with Crippen LogP contribution in [-0.4, -0.2) is 49.3 Å². The fraction of sp³-hybridized carbons (Fsp3) is 0.814. The van der Waals surface area contributed by atoms with Gasteiger partial charge in [0.2, 0.25) is 0 Å². The molecule has 9 nitrogen and oxygen atoms in total. The second-order valence-electron chi connectivity index (χ2n) is 14.2. The van der Waals surface area contributed by atoms with Crippen molar-refractivity contribution in [3.63, 3.8) is 0 Å². The van der Waals surface area contributed by atoms with Crippen LogP contribution in [0.3, 0.4) is 0 Å². The first-order valence-electron chi connectivity index (χ1n) is 21.5. The summed E-state index contributed by atoms with van der Waals surface area (Å²) in [7, 11) is -4.39. The molecule has 10 heteroatoms. The summed E-state index contributed by atoms with van der Waals surface area (Å²) in [6, 6.07) is 0. The Morgan fingerprint density at radius 1 is 0.566 bits per heavy atom. The first-order valence-corrected chi connectivity index (χ1v) is 23.0. The molecule has 0 heterocycles.